The van der Waals surface area contributed by atoms with E-state index in [4.69, 9.17) is 5.73 Å². The number of amides is 1. The van der Waals surface area contributed by atoms with Gasteiger partial charge in [0.1, 0.15) is 0 Å². The Bertz CT molecular complexity index is 1000. The molecule has 1 fully saturated rings. The van der Waals surface area contributed by atoms with E-state index in [-0.39, 0.29) is 5.56 Å². The van der Waals surface area contributed by atoms with Gasteiger partial charge in [-0.3, -0.25) is 14.6 Å². The molecule has 132 valence electrons. The molecular formula is C19H19N5O2. The molecule has 7 heteroatoms. The van der Waals surface area contributed by atoms with Crippen molar-refractivity contribution in [2.75, 3.05) is 36.0 Å². The molecule has 1 aromatic heterocycles. The lowest BCUT2D eigenvalue weighted by Gasteiger charge is -2.36. The highest BCUT2D eigenvalue weighted by molar-refractivity contribution is 5.93. The smallest absolute Gasteiger partial charge is 0.260 e. The summed E-state index contributed by atoms with van der Waals surface area (Å²) in [6.07, 6.45) is 0. The molecule has 0 unspecified atom stereocenters. The Labute approximate surface area is 150 Å². The van der Waals surface area contributed by atoms with Gasteiger partial charge in [-0.2, -0.15) is 0 Å². The van der Waals surface area contributed by atoms with Crippen LogP contribution < -0.4 is 21.1 Å². The summed E-state index contributed by atoms with van der Waals surface area (Å²) in [5.41, 5.74) is 7.43. The van der Waals surface area contributed by atoms with Crippen molar-refractivity contribution in [2.45, 2.75) is 0 Å². The third-order valence-electron chi connectivity index (χ3n) is 4.70. The summed E-state index contributed by atoms with van der Waals surface area (Å²) in [5.74, 6) is 0.185. The van der Waals surface area contributed by atoms with E-state index in [0.29, 0.717) is 22.4 Å². The Morgan fingerprint density at radius 3 is 2.31 bits per heavy atom. The lowest BCUT2D eigenvalue weighted by Crippen LogP contribution is -2.47. The fourth-order valence-electron chi connectivity index (χ4n) is 3.24. The van der Waals surface area contributed by atoms with Crippen LogP contribution in [0.1, 0.15) is 10.4 Å². The van der Waals surface area contributed by atoms with E-state index in [1.165, 1.54) is 0 Å². The molecule has 0 radical (unpaired) electrons. The standard InChI is InChI=1S/C19H19N5O2/c20-17(25)13-5-7-14(8-6-13)23-9-11-24(12-10-23)19-21-16-4-2-1-3-15(16)18(26)22-19/h1-8H,9-12H2,(H2,20,25)(H,21,22,26). The largest absolute Gasteiger partial charge is 0.368 e. The van der Waals surface area contributed by atoms with Crippen molar-refractivity contribution in [1.29, 1.82) is 0 Å². The maximum atomic E-state index is 12.2. The normalized spacial score (nSPS) is 14.6. The topological polar surface area (TPSA) is 95.3 Å². The van der Waals surface area contributed by atoms with Crippen molar-refractivity contribution < 1.29 is 4.79 Å². The average molecular weight is 349 g/mol. The summed E-state index contributed by atoms with van der Waals surface area (Å²) in [4.78, 5) is 35.2. The fraction of sp³-hybridized carbons (Fsp3) is 0.211. The van der Waals surface area contributed by atoms with Gasteiger partial charge in [-0.15, -0.1) is 0 Å². The number of piperazine rings is 1. The van der Waals surface area contributed by atoms with Crippen LogP contribution in [0.15, 0.2) is 53.3 Å². The number of hydrogen-bond donors (Lipinski definition) is 2. The number of nitrogens with two attached hydrogens (primary N) is 1. The molecule has 26 heavy (non-hydrogen) atoms. The van der Waals surface area contributed by atoms with Crippen LogP contribution in [0.25, 0.3) is 10.9 Å². The number of rotatable bonds is 3. The molecular weight excluding hydrogens is 330 g/mol. The molecule has 3 N–H and O–H groups in total. The number of para-hydroxylation sites is 1. The van der Waals surface area contributed by atoms with Crippen molar-refractivity contribution in [3.05, 3.63) is 64.4 Å². The number of primary amides is 1. The number of nitrogens with one attached hydrogen (secondary N) is 1. The SMILES string of the molecule is NC(=O)c1ccc(N2CCN(c3nc4ccccc4c(=O)[nH]3)CC2)cc1. The zero-order chi connectivity index (χ0) is 18.1. The number of carbonyl (C=O) groups excluding carboxylic acids is 1. The zero-order valence-corrected chi connectivity index (χ0v) is 14.2. The van der Waals surface area contributed by atoms with Crippen molar-refractivity contribution in [1.82, 2.24) is 9.97 Å². The molecule has 3 aromatic rings. The fourth-order valence-corrected chi connectivity index (χ4v) is 3.24. The van der Waals surface area contributed by atoms with Crippen LogP contribution in [0.2, 0.25) is 0 Å². The summed E-state index contributed by atoms with van der Waals surface area (Å²) in [7, 11) is 0. The van der Waals surface area contributed by atoms with Crippen molar-refractivity contribution in [2.24, 2.45) is 5.73 Å². The molecule has 4 rings (SSSR count). The van der Waals surface area contributed by atoms with Crippen LogP contribution in [0.5, 0.6) is 0 Å². The number of aromatic nitrogens is 2. The van der Waals surface area contributed by atoms with Gasteiger partial charge in [-0.05, 0) is 36.4 Å². The highest BCUT2D eigenvalue weighted by Gasteiger charge is 2.19. The minimum atomic E-state index is -0.423. The molecule has 1 aliphatic heterocycles. The predicted octanol–water partition coefficient (Wildman–Crippen LogP) is 1.35. The van der Waals surface area contributed by atoms with Gasteiger partial charge in [0.2, 0.25) is 11.9 Å². The van der Waals surface area contributed by atoms with Crippen LogP contribution in [-0.4, -0.2) is 42.1 Å². The van der Waals surface area contributed by atoms with E-state index in [2.05, 4.69) is 19.8 Å². The lowest BCUT2D eigenvalue weighted by atomic mass is 10.1. The Morgan fingerprint density at radius 1 is 0.962 bits per heavy atom. The number of hydrogen-bond acceptors (Lipinski definition) is 5. The van der Waals surface area contributed by atoms with Gasteiger partial charge in [0.05, 0.1) is 10.9 Å². The summed E-state index contributed by atoms with van der Waals surface area (Å²) < 4.78 is 0. The molecule has 0 bridgehead atoms. The minimum absolute atomic E-state index is 0.116. The first-order valence-corrected chi connectivity index (χ1v) is 8.50. The molecule has 0 atom stereocenters. The molecule has 1 aliphatic rings. The minimum Gasteiger partial charge on any atom is -0.368 e. The maximum absolute atomic E-state index is 12.2. The number of fused-ring (bicyclic) bond motifs is 1. The first-order valence-electron chi connectivity index (χ1n) is 8.50. The van der Waals surface area contributed by atoms with Gasteiger partial charge in [0.15, 0.2) is 0 Å². The second-order valence-corrected chi connectivity index (χ2v) is 6.29. The maximum Gasteiger partial charge on any atom is 0.260 e. The van der Waals surface area contributed by atoms with Crippen LogP contribution in [-0.2, 0) is 0 Å². The van der Waals surface area contributed by atoms with Crippen molar-refractivity contribution >= 4 is 28.4 Å². The number of aromatic amines is 1. The molecule has 2 heterocycles. The zero-order valence-electron chi connectivity index (χ0n) is 14.2. The first-order chi connectivity index (χ1) is 12.6. The Kier molecular flexibility index (Phi) is 4.04. The number of anilines is 2. The summed E-state index contributed by atoms with van der Waals surface area (Å²) >= 11 is 0. The Balaban J connectivity index is 1.50. The van der Waals surface area contributed by atoms with E-state index in [0.717, 1.165) is 31.9 Å². The number of benzene rings is 2. The second kappa shape index (κ2) is 6.51. The van der Waals surface area contributed by atoms with Gasteiger partial charge < -0.3 is 15.5 Å². The third-order valence-corrected chi connectivity index (χ3v) is 4.70. The van der Waals surface area contributed by atoms with Crippen molar-refractivity contribution in [3.8, 4) is 0 Å². The van der Waals surface area contributed by atoms with E-state index in [1.54, 1.807) is 18.2 Å². The van der Waals surface area contributed by atoms with E-state index >= 15 is 0 Å². The molecule has 2 aromatic carbocycles. The Morgan fingerprint density at radius 2 is 1.62 bits per heavy atom. The lowest BCUT2D eigenvalue weighted by molar-refractivity contribution is 0.100. The first kappa shape index (κ1) is 16.1. The highest BCUT2D eigenvalue weighted by Crippen LogP contribution is 2.19. The van der Waals surface area contributed by atoms with Crippen LogP contribution in [0.3, 0.4) is 0 Å². The summed E-state index contributed by atoms with van der Waals surface area (Å²) in [5, 5.41) is 0.601. The van der Waals surface area contributed by atoms with Crippen molar-refractivity contribution in [3.63, 3.8) is 0 Å². The van der Waals surface area contributed by atoms with Gasteiger partial charge in [0, 0.05) is 37.4 Å². The predicted molar refractivity (Wildman–Crippen MR) is 102 cm³/mol. The second-order valence-electron chi connectivity index (χ2n) is 6.29. The van der Waals surface area contributed by atoms with Gasteiger partial charge in [-0.1, -0.05) is 12.1 Å². The summed E-state index contributed by atoms with van der Waals surface area (Å²) in [6, 6.07) is 14.6. The molecule has 1 amide bonds. The molecule has 1 saturated heterocycles. The molecule has 0 aliphatic carbocycles. The number of carbonyl (C=O) groups is 1. The monoisotopic (exact) mass is 349 g/mol. The van der Waals surface area contributed by atoms with Gasteiger partial charge in [0.25, 0.3) is 5.56 Å². The molecule has 7 nitrogen and oxygen atoms in total. The van der Waals surface area contributed by atoms with Crippen LogP contribution in [0, 0.1) is 0 Å². The Hall–Kier alpha value is -3.35. The average Bonchev–Trinajstić information content (AvgIpc) is 2.68. The van der Waals surface area contributed by atoms with E-state index in [1.807, 2.05) is 30.3 Å². The number of nitrogens with zero attached hydrogens (tertiary/aromatic N) is 3. The highest BCUT2D eigenvalue weighted by atomic mass is 16.1. The van der Waals surface area contributed by atoms with Crippen LogP contribution in [0.4, 0.5) is 11.6 Å². The van der Waals surface area contributed by atoms with E-state index < -0.39 is 5.91 Å². The summed E-state index contributed by atoms with van der Waals surface area (Å²) in [6.45, 7) is 3.09. The van der Waals surface area contributed by atoms with Crippen LogP contribution >= 0.6 is 0 Å². The van der Waals surface area contributed by atoms with Gasteiger partial charge in [-0.25, -0.2) is 4.98 Å². The third kappa shape index (κ3) is 2.99. The quantitative estimate of drug-likeness (QED) is 0.744. The molecule has 0 spiro atoms. The molecule has 0 saturated carbocycles. The van der Waals surface area contributed by atoms with Gasteiger partial charge >= 0.3 is 0 Å². The number of H-pyrrole nitrogens is 1. The van der Waals surface area contributed by atoms with E-state index in [9.17, 15) is 9.59 Å².